The number of halogens is 1. The molecule has 1 aliphatic carbocycles. The van der Waals surface area contributed by atoms with E-state index in [1.807, 2.05) is 31.2 Å². The molecule has 0 spiro atoms. The predicted octanol–water partition coefficient (Wildman–Crippen LogP) is 3.42. The van der Waals surface area contributed by atoms with Gasteiger partial charge in [-0.3, -0.25) is 19.4 Å². The van der Waals surface area contributed by atoms with Gasteiger partial charge < -0.3 is 20.0 Å². The molecule has 1 aliphatic heterocycles. The second kappa shape index (κ2) is 14.6. The van der Waals surface area contributed by atoms with Crippen molar-refractivity contribution >= 4 is 17.7 Å². The van der Waals surface area contributed by atoms with Gasteiger partial charge in [0.2, 0.25) is 5.91 Å². The normalized spacial score (nSPS) is 16.6. The van der Waals surface area contributed by atoms with Crippen LogP contribution in [-0.4, -0.2) is 101 Å². The Kier molecular flexibility index (Phi) is 10.1. The Morgan fingerprint density at radius 2 is 1.56 bits per heavy atom. The zero-order valence-corrected chi connectivity index (χ0v) is 30.1. The summed E-state index contributed by atoms with van der Waals surface area (Å²) in [5.74, 6) is -0.623. The zero-order valence-electron chi connectivity index (χ0n) is 30.1. The number of H-pyrrole nitrogens is 1. The summed E-state index contributed by atoms with van der Waals surface area (Å²) in [6.45, 7) is 2.48. The van der Waals surface area contributed by atoms with Gasteiger partial charge in [-0.1, -0.05) is 12.1 Å². The highest BCUT2D eigenvalue weighted by Crippen LogP contribution is 2.47. The van der Waals surface area contributed by atoms with Crippen LogP contribution in [0, 0.1) is 17.1 Å². The predicted molar refractivity (Wildman–Crippen MR) is 193 cm³/mol. The van der Waals surface area contributed by atoms with Crippen LogP contribution in [0.5, 0.6) is 0 Å². The first-order chi connectivity index (χ1) is 24.8. The Morgan fingerprint density at radius 1 is 0.981 bits per heavy atom. The molecule has 270 valence electrons. The molecule has 2 N–H and O–H groups in total. The van der Waals surface area contributed by atoms with Crippen LogP contribution in [-0.2, 0) is 23.1 Å². The Balaban J connectivity index is 1.54. The number of amides is 3. The van der Waals surface area contributed by atoms with Crippen molar-refractivity contribution in [1.82, 2.24) is 34.8 Å². The summed E-state index contributed by atoms with van der Waals surface area (Å²) in [4.78, 5) is 61.1. The number of likely N-dealkylation sites (tertiary alicyclic amines) is 1. The van der Waals surface area contributed by atoms with E-state index in [0.717, 1.165) is 28.7 Å². The molecule has 1 fully saturated rings. The van der Waals surface area contributed by atoms with Gasteiger partial charge in [-0.2, -0.15) is 9.94 Å². The SMILES string of the molecule is C[C@H](CC1(c2nn(-c3ccc(F)cc3)c(=O)[nH]2)c2ccc(C(=O)N(C)C)cc2CCc2cc(C(=O)N(C)C)ccc21)NCC(=O)N1CCCC1C#N. The number of nitrogens with zero attached hydrogens (tertiary/aromatic N) is 6. The maximum absolute atomic E-state index is 13.9. The van der Waals surface area contributed by atoms with Crippen LogP contribution in [0.3, 0.4) is 0 Å². The van der Waals surface area contributed by atoms with Gasteiger partial charge in [0.25, 0.3) is 11.8 Å². The van der Waals surface area contributed by atoms with Crippen molar-refractivity contribution in [3.63, 3.8) is 0 Å². The lowest BCUT2D eigenvalue weighted by Crippen LogP contribution is -2.45. The van der Waals surface area contributed by atoms with E-state index in [-0.39, 0.29) is 30.3 Å². The minimum atomic E-state index is -1.15. The number of rotatable bonds is 9. The van der Waals surface area contributed by atoms with Gasteiger partial charge in [-0.05, 0) is 110 Å². The van der Waals surface area contributed by atoms with Crippen molar-refractivity contribution in [1.29, 1.82) is 5.26 Å². The second-order valence-corrected chi connectivity index (χ2v) is 14.1. The molecule has 0 bridgehead atoms. The fraction of sp³-hybridized carbons (Fsp3) is 0.385. The van der Waals surface area contributed by atoms with Gasteiger partial charge in [0.15, 0.2) is 0 Å². The highest BCUT2D eigenvalue weighted by Gasteiger charge is 2.46. The van der Waals surface area contributed by atoms with Gasteiger partial charge in [0, 0.05) is 51.9 Å². The summed E-state index contributed by atoms with van der Waals surface area (Å²) in [5, 5.41) is 17.8. The van der Waals surface area contributed by atoms with Crippen LogP contribution in [0.1, 0.15) is 75.0 Å². The Bertz CT molecular complexity index is 2040. The summed E-state index contributed by atoms with van der Waals surface area (Å²) >= 11 is 0. The number of aromatic amines is 1. The maximum atomic E-state index is 13.9. The van der Waals surface area contributed by atoms with Crippen molar-refractivity contribution in [3.05, 3.63) is 116 Å². The van der Waals surface area contributed by atoms with Crippen molar-refractivity contribution in [2.24, 2.45) is 0 Å². The van der Waals surface area contributed by atoms with Crippen LogP contribution < -0.4 is 11.0 Å². The van der Waals surface area contributed by atoms with E-state index in [1.165, 1.54) is 38.7 Å². The molecule has 12 nitrogen and oxygen atoms in total. The van der Waals surface area contributed by atoms with E-state index >= 15 is 0 Å². The van der Waals surface area contributed by atoms with Gasteiger partial charge in [0.1, 0.15) is 17.7 Å². The van der Waals surface area contributed by atoms with Crippen LogP contribution in [0.4, 0.5) is 4.39 Å². The summed E-state index contributed by atoms with van der Waals surface area (Å²) in [6.07, 6.45) is 2.80. The molecular weight excluding hydrogens is 663 g/mol. The minimum Gasteiger partial charge on any atom is -0.345 e. The van der Waals surface area contributed by atoms with E-state index in [2.05, 4.69) is 16.4 Å². The zero-order chi connectivity index (χ0) is 37.3. The number of benzene rings is 3. The molecule has 2 heterocycles. The average Bonchev–Trinajstić information content (AvgIpc) is 3.75. The first-order valence-corrected chi connectivity index (χ1v) is 17.4. The van der Waals surface area contributed by atoms with Gasteiger partial charge in [-0.15, -0.1) is 5.10 Å². The van der Waals surface area contributed by atoms with E-state index in [4.69, 9.17) is 5.10 Å². The van der Waals surface area contributed by atoms with Gasteiger partial charge >= 0.3 is 5.69 Å². The van der Waals surface area contributed by atoms with E-state index in [0.29, 0.717) is 54.9 Å². The standard InChI is InChI=1S/C39H43FN8O4/c1-24(42-23-34(49)47-18-6-7-31(47)22-41)21-39(37-43-38(52)48(44-37)30-14-12-29(40)13-15-30)32-16-10-27(35(50)45(2)3)19-25(32)8-9-26-20-28(11-17-33(26)39)36(51)46(4)5/h10-17,19-20,24,31,42H,6-9,18,21,23H2,1-5H3,(H,43,44,52)/t24-,31?/m1/s1. The van der Waals surface area contributed by atoms with E-state index in [1.54, 1.807) is 45.2 Å². The number of fused-ring (bicyclic) bond motifs is 2. The van der Waals surface area contributed by atoms with Crippen LogP contribution >= 0.6 is 0 Å². The fourth-order valence-corrected chi connectivity index (χ4v) is 7.57. The summed E-state index contributed by atoms with van der Waals surface area (Å²) < 4.78 is 15.1. The van der Waals surface area contributed by atoms with E-state index in [9.17, 15) is 28.8 Å². The lowest BCUT2D eigenvalue weighted by atomic mass is 9.67. The third kappa shape index (κ3) is 6.74. The average molecular weight is 707 g/mol. The van der Waals surface area contributed by atoms with Gasteiger partial charge in [-0.25, -0.2) is 9.18 Å². The van der Waals surface area contributed by atoms with Crippen LogP contribution in [0.15, 0.2) is 65.5 Å². The Morgan fingerprint density at radius 3 is 2.10 bits per heavy atom. The maximum Gasteiger partial charge on any atom is 0.348 e. The van der Waals surface area contributed by atoms with Crippen LogP contribution in [0.25, 0.3) is 5.69 Å². The van der Waals surface area contributed by atoms with Crippen molar-refractivity contribution < 1.29 is 18.8 Å². The molecule has 4 aromatic rings. The molecule has 52 heavy (non-hydrogen) atoms. The second-order valence-electron chi connectivity index (χ2n) is 14.1. The van der Waals surface area contributed by atoms with Crippen molar-refractivity contribution in [2.75, 3.05) is 41.3 Å². The molecule has 3 amide bonds. The third-order valence-electron chi connectivity index (χ3n) is 10.1. The number of nitrogens with one attached hydrogen (secondary N) is 2. The third-order valence-corrected chi connectivity index (χ3v) is 10.1. The molecule has 1 aromatic heterocycles. The molecule has 0 saturated carbocycles. The summed E-state index contributed by atoms with van der Waals surface area (Å²) in [5.41, 5.74) is 3.08. The molecule has 1 saturated heterocycles. The molecular formula is C39H43FN8O4. The number of hydrogen-bond acceptors (Lipinski definition) is 7. The fourth-order valence-electron chi connectivity index (χ4n) is 7.57. The number of hydrogen-bond donors (Lipinski definition) is 2. The lowest BCUT2D eigenvalue weighted by Gasteiger charge is -2.37. The number of carbonyl (C=O) groups is 3. The smallest absolute Gasteiger partial charge is 0.345 e. The Labute approximate surface area is 301 Å². The molecule has 2 atom stereocenters. The van der Waals surface area contributed by atoms with Crippen molar-refractivity contribution in [2.45, 2.75) is 56.5 Å². The molecule has 3 aromatic carbocycles. The summed E-state index contributed by atoms with van der Waals surface area (Å²) in [7, 11) is 6.78. The molecule has 1 unspecified atom stereocenters. The first kappa shape index (κ1) is 36.2. The van der Waals surface area contributed by atoms with Crippen LogP contribution in [0.2, 0.25) is 0 Å². The number of nitriles is 1. The van der Waals surface area contributed by atoms with Crippen molar-refractivity contribution in [3.8, 4) is 11.8 Å². The molecule has 13 heteroatoms. The quantitative estimate of drug-likeness (QED) is 0.271. The molecule has 6 rings (SSSR count). The van der Waals surface area contributed by atoms with E-state index < -0.39 is 23.0 Å². The number of carbonyl (C=O) groups excluding carboxylic acids is 3. The first-order valence-electron chi connectivity index (χ1n) is 17.4. The van der Waals surface area contributed by atoms with Gasteiger partial charge in [0.05, 0.1) is 23.7 Å². The highest BCUT2D eigenvalue weighted by atomic mass is 19.1. The molecule has 0 radical (unpaired) electrons. The lowest BCUT2D eigenvalue weighted by molar-refractivity contribution is -0.130. The minimum absolute atomic E-state index is 0.00221. The number of aromatic nitrogens is 3. The largest absolute Gasteiger partial charge is 0.348 e. The Hall–Kier alpha value is -5.61. The monoisotopic (exact) mass is 706 g/mol. The highest BCUT2D eigenvalue weighted by molar-refractivity contribution is 5.95. The topological polar surface area (TPSA) is 147 Å². The molecule has 2 aliphatic rings. The number of aryl methyl sites for hydroxylation is 2. The summed E-state index contributed by atoms with van der Waals surface area (Å²) in [6, 6.07) is 18.0.